The Morgan fingerprint density at radius 1 is 1.03 bits per heavy atom. The van der Waals surface area contributed by atoms with Gasteiger partial charge >= 0.3 is 12.5 Å². The van der Waals surface area contributed by atoms with Crippen molar-refractivity contribution in [3.8, 4) is 17.1 Å². The van der Waals surface area contributed by atoms with Gasteiger partial charge in [0.25, 0.3) is 5.91 Å². The third-order valence-corrected chi connectivity index (χ3v) is 6.42. The van der Waals surface area contributed by atoms with Crippen LogP contribution < -0.4 is 9.64 Å². The smallest absolute Gasteiger partial charge is 0.427 e. The Morgan fingerprint density at radius 3 is 2.54 bits per heavy atom. The van der Waals surface area contributed by atoms with E-state index in [2.05, 4.69) is 14.6 Å². The van der Waals surface area contributed by atoms with Gasteiger partial charge in [-0.3, -0.25) is 4.79 Å². The first-order valence-corrected chi connectivity index (χ1v) is 11.2. The molecule has 182 valence electrons. The summed E-state index contributed by atoms with van der Waals surface area (Å²) in [5.41, 5.74) is 0.717. The van der Waals surface area contributed by atoms with Gasteiger partial charge in [0.1, 0.15) is 11.6 Å². The number of alkyl halides is 4. The van der Waals surface area contributed by atoms with Crippen molar-refractivity contribution < 1.29 is 27.1 Å². The lowest BCUT2D eigenvalue weighted by Crippen LogP contribution is -2.65. The van der Waals surface area contributed by atoms with Crippen molar-refractivity contribution in [3.05, 3.63) is 72.4 Å². The van der Waals surface area contributed by atoms with Crippen LogP contribution in [0.15, 0.2) is 66.9 Å². The maximum atomic E-state index is 13.5. The molecule has 0 radical (unpaired) electrons. The van der Waals surface area contributed by atoms with Gasteiger partial charge in [-0.15, -0.1) is 0 Å². The van der Waals surface area contributed by atoms with Gasteiger partial charge in [-0.2, -0.15) is 17.6 Å². The monoisotopic (exact) mass is 486 g/mol. The predicted molar refractivity (Wildman–Crippen MR) is 121 cm³/mol. The molecule has 1 amide bonds. The molecule has 0 N–H and O–H groups in total. The zero-order chi connectivity index (χ0) is 24.6. The summed E-state index contributed by atoms with van der Waals surface area (Å²) in [5.74, 6) is 0.599. The zero-order valence-corrected chi connectivity index (χ0v) is 18.5. The van der Waals surface area contributed by atoms with E-state index in [1.807, 2.05) is 36.4 Å². The Bertz CT molecular complexity index is 1210. The number of rotatable bonds is 6. The number of amides is 1. The van der Waals surface area contributed by atoms with Crippen LogP contribution in [-0.4, -0.2) is 59.0 Å². The molecule has 2 aliphatic heterocycles. The molecule has 6 nitrogen and oxygen atoms in total. The Kier molecular flexibility index (Phi) is 6.04. The van der Waals surface area contributed by atoms with E-state index in [4.69, 9.17) is 4.98 Å². The molecule has 2 aliphatic rings. The SMILES string of the molecule is O=C(c1ccccc1OC(F)(F)C(F)F)N1CC[C@H]2CN(c3ccnc(-c4ccccc4)n3)[C@H]2C1. The van der Waals surface area contributed by atoms with Gasteiger partial charge in [0.15, 0.2) is 5.82 Å². The molecule has 0 saturated carbocycles. The molecule has 35 heavy (non-hydrogen) atoms. The number of anilines is 1. The predicted octanol–water partition coefficient (Wildman–Crippen LogP) is 4.73. The number of halogens is 4. The van der Waals surface area contributed by atoms with E-state index < -0.39 is 24.2 Å². The number of likely N-dealkylation sites (tertiary alicyclic amines) is 1. The van der Waals surface area contributed by atoms with Crippen molar-refractivity contribution in [2.24, 2.45) is 5.92 Å². The number of hydrogen-bond donors (Lipinski definition) is 0. The number of carbonyl (C=O) groups excluding carboxylic acids is 1. The van der Waals surface area contributed by atoms with Gasteiger partial charge in [0, 0.05) is 37.3 Å². The average molecular weight is 486 g/mol. The second-order valence-corrected chi connectivity index (χ2v) is 8.58. The van der Waals surface area contributed by atoms with Gasteiger partial charge in [-0.05, 0) is 24.6 Å². The van der Waals surface area contributed by atoms with E-state index in [0.29, 0.717) is 24.8 Å². The normalized spacial score (nSPS) is 19.8. The minimum atomic E-state index is -4.70. The van der Waals surface area contributed by atoms with Crippen LogP contribution >= 0.6 is 0 Å². The molecule has 2 aromatic carbocycles. The van der Waals surface area contributed by atoms with Crippen molar-refractivity contribution in [2.45, 2.75) is 25.0 Å². The van der Waals surface area contributed by atoms with E-state index >= 15 is 0 Å². The highest BCUT2D eigenvalue weighted by Gasteiger charge is 2.46. The lowest BCUT2D eigenvalue weighted by atomic mass is 9.82. The quantitative estimate of drug-likeness (QED) is 0.472. The first kappa shape index (κ1) is 23.1. The molecule has 2 fully saturated rings. The topological polar surface area (TPSA) is 58.6 Å². The van der Waals surface area contributed by atoms with Gasteiger partial charge < -0.3 is 14.5 Å². The summed E-state index contributed by atoms with van der Waals surface area (Å²) < 4.78 is 56.6. The largest absolute Gasteiger partial charge is 0.461 e. The van der Waals surface area contributed by atoms with Crippen molar-refractivity contribution >= 4 is 11.7 Å². The van der Waals surface area contributed by atoms with Crippen LogP contribution in [0.5, 0.6) is 5.75 Å². The molecule has 5 rings (SSSR count). The zero-order valence-electron chi connectivity index (χ0n) is 18.5. The Hall–Kier alpha value is -3.69. The molecular weight excluding hydrogens is 464 g/mol. The maximum Gasteiger partial charge on any atom is 0.461 e. The van der Waals surface area contributed by atoms with Crippen molar-refractivity contribution in [1.82, 2.24) is 14.9 Å². The fraction of sp³-hybridized carbons (Fsp3) is 0.320. The second kappa shape index (κ2) is 9.16. The Labute approximate surface area is 199 Å². The van der Waals surface area contributed by atoms with Gasteiger partial charge in [-0.25, -0.2) is 9.97 Å². The second-order valence-electron chi connectivity index (χ2n) is 8.58. The van der Waals surface area contributed by atoms with E-state index in [0.717, 1.165) is 30.4 Å². The average Bonchev–Trinajstić information content (AvgIpc) is 2.85. The Balaban J connectivity index is 1.33. The molecular formula is C25H22F4N4O2. The standard InChI is InChI=1S/C25H22F4N4O2/c26-24(27)25(28,29)35-20-9-5-4-8-18(20)23(34)32-13-11-17-14-33(19(17)15-32)21-10-12-30-22(31-21)16-6-2-1-3-7-16/h1-10,12,17,19,24H,11,13-15H2/t17-,19-/m0/s1. The van der Waals surface area contributed by atoms with Crippen LogP contribution in [0.4, 0.5) is 23.4 Å². The van der Waals surface area contributed by atoms with E-state index in [9.17, 15) is 22.4 Å². The van der Waals surface area contributed by atoms with Crippen LogP contribution in [0.1, 0.15) is 16.8 Å². The maximum absolute atomic E-state index is 13.5. The van der Waals surface area contributed by atoms with Gasteiger partial charge in [0.05, 0.1) is 11.6 Å². The van der Waals surface area contributed by atoms with Gasteiger partial charge in [0.2, 0.25) is 0 Å². The van der Waals surface area contributed by atoms with Crippen LogP contribution in [0.25, 0.3) is 11.4 Å². The molecule has 3 aromatic rings. The molecule has 0 aliphatic carbocycles. The molecule has 2 saturated heterocycles. The first-order valence-electron chi connectivity index (χ1n) is 11.2. The third-order valence-electron chi connectivity index (χ3n) is 6.42. The van der Waals surface area contributed by atoms with Crippen LogP contribution in [-0.2, 0) is 0 Å². The van der Waals surface area contributed by atoms with E-state index in [1.54, 1.807) is 11.1 Å². The molecule has 2 atom stereocenters. The summed E-state index contributed by atoms with van der Waals surface area (Å²) in [4.78, 5) is 25.9. The molecule has 10 heteroatoms. The van der Waals surface area contributed by atoms with Crippen molar-refractivity contribution in [1.29, 1.82) is 0 Å². The molecule has 1 aromatic heterocycles. The molecule has 0 unspecified atom stereocenters. The number of nitrogens with zero attached hydrogens (tertiary/aromatic N) is 4. The van der Waals surface area contributed by atoms with Crippen molar-refractivity contribution in [2.75, 3.05) is 24.5 Å². The Morgan fingerprint density at radius 2 is 1.77 bits per heavy atom. The molecule has 0 spiro atoms. The minimum Gasteiger partial charge on any atom is -0.427 e. The van der Waals surface area contributed by atoms with Crippen molar-refractivity contribution in [3.63, 3.8) is 0 Å². The molecule has 3 heterocycles. The van der Waals surface area contributed by atoms with Crippen LogP contribution in [0, 0.1) is 5.92 Å². The third kappa shape index (κ3) is 4.52. The highest BCUT2D eigenvalue weighted by molar-refractivity contribution is 5.97. The lowest BCUT2D eigenvalue weighted by molar-refractivity contribution is -0.253. The minimum absolute atomic E-state index is 0.00167. The highest BCUT2D eigenvalue weighted by atomic mass is 19.3. The summed E-state index contributed by atoms with van der Waals surface area (Å²) in [7, 11) is 0. The number of fused-ring (bicyclic) bond motifs is 1. The van der Waals surface area contributed by atoms with Crippen LogP contribution in [0.2, 0.25) is 0 Å². The number of ether oxygens (including phenoxy) is 1. The summed E-state index contributed by atoms with van der Waals surface area (Å²) >= 11 is 0. The summed E-state index contributed by atoms with van der Waals surface area (Å²) in [6.45, 7) is 1.58. The first-order chi connectivity index (χ1) is 16.8. The summed E-state index contributed by atoms with van der Waals surface area (Å²) in [6.07, 6.45) is -6.28. The number of aromatic nitrogens is 2. The van der Waals surface area contributed by atoms with E-state index in [-0.39, 0.29) is 11.6 Å². The fourth-order valence-corrected chi connectivity index (χ4v) is 4.57. The number of carbonyl (C=O) groups is 1. The number of piperidine rings is 1. The van der Waals surface area contributed by atoms with E-state index in [1.165, 1.54) is 18.2 Å². The number of para-hydroxylation sites is 1. The lowest BCUT2D eigenvalue weighted by Gasteiger charge is -2.54. The highest BCUT2D eigenvalue weighted by Crippen LogP contribution is 2.37. The number of hydrogen-bond acceptors (Lipinski definition) is 5. The summed E-state index contributed by atoms with van der Waals surface area (Å²) in [5, 5.41) is 0. The number of benzene rings is 2. The fourth-order valence-electron chi connectivity index (χ4n) is 4.57. The summed E-state index contributed by atoms with van der Waals surface area (Å²) in [6, 6.07) is 16.6. The van der Waals surface area contributed by atoms with Crippen LogP contribution in [0.3, 0.4) is 0 Å². The van der Waals surface area contributed by atoms with Gasteiger partial charge in [-0.1, -0.05) is 42.5 Å². The molecule has 0 bridgehead atoms.